The van der Waals surface area contributed by atoms with Gasteiger partial charge in [0.25, 0.3) is 0 Å². The Hall–Kier alpha value is -3.25. The largest absolute Gasteiger partial charge is 0.497 e. The van der Waals surface area contributed by atoms with Crippen molar-refractivity contribution in [3.05, 3.63) is 70.4 Å². The number of ether oxygens (including phenoxy) is 3. The molecule has 1 aromatic heterocycles. The highest BCUT2D eigenvalue weighted by molar-refractivity contribution is 6.33. The lowest BCUT2D eigenvalue weighted by Gasteiger charge is -2.09. The minimum Gasteiger partial charge on any atom is -0.497 e. The Bertz CT molecular complexity index is 1090. The molecular weight excluding hydrogens is 418 g/mol. The average molecular weight is 442 g/mol. The van der Waals surface area contributed by atoms with Crippen LogP contribution >= 0.6 is 11.6 Å². The van der Waals surface area contributed by atoms with Crippen molar-refractivity contribution in [2.24, 2.45) is 0 Å². The van der Waals surface area contributed by atoms with Crippen LogP contribution in [-0.2, 0) is 25.6 Å². The quantitative estimate of drug-likeness (QED) is 0.216. The Kier molecular flexibility index (Phi) is 7.36. The molecule has 3 aromatic rings. The number of fused-ring (bicyclic) bond motifs is 1. The highest BCUT2D eigenvalue weighted by atomic mass is 35.5. The SMILES string of the molecule is CCOC(=O)C(=Cc1c(Cl)n(Cc2ccc(OC)cc2)c2ccccc12)C(=O)OCC. The summed E-state index contributed by atoms with van der Waals surface area (Å²) in [6, 6.07) is 15.3. The van der Waals surface area contributed by atoms with Crippen LogP contribution in [-0.4, -0.2) is 36.8 Å². The van der Waals surface area contributed by atoms with Gasteiger partial charge in [0.1, 0.15) is 16.5 Å². The van der Waals surface area contributed by atoms with Crippen molar-refractivity contribution in [2.45, 2.75) is 20.4 Å². The number of methoxy groups -OCH3 is 1. The topological polar surface area (TPSA) is 66.8 Å². The van der Waals surface area contributed by atoms with E-state index in [-0.39, 0.29) is 18.8 Å². The summed E-state index contributed by atoms with van der Waals surface area (Å²) in [7, 11) is 1.62. The number of esters is 2. The van der Waals surface area contributed by atoms with Crippen molar-refractivity contribution >= 4 is 40.5 Å². The number of carbonyl (C=O) groups excluding carboxylic acids is 2. The predicted molar refractivity (Wildman–Crippen MR) is 120 cm³/mol. The van der Waals surface area contributed by atoms with Gasteiger partial charge in [0.2, 0.25) is 0 Å². The second kappa shape index (κ2) is 10.2. The first-order valence-corrected chi connectivity index (χ1v) is 10.3. The maximum absolute atomic E-state index is 12.4. The zero-order valence-corrected chi connectivity index (χ0v) is 18.4. The van der Waals surface area contributed by atoms with Gasteiger partial charge >= 0.3 is 11.9 Å². The minimum atomic E-state index is -0.746. The van der Waals surface area contributed by atoms with Crippen molar-refractivity contribution in [2.75, 3.05) is 20.3 Å². The number of para-hydroxylation sites is 1. The number of rotatable bonds is 8. The lowest BCUT2D eigenvalue weighted by Crippen LogP contribution is -2.18. The van der Waals surface area contributed by atoms with Gasteiger partial charge in [0.15, 0.2) is 0 Å². The van der Waals surface area contributed by atoms with E-state index in [0.717, 1.165) is 22.2 Å². The van der Waals surface area contributed by atoms with Crippen LogP contribution in [0.1, 0.15) is 25.0 Å². The molecule has 0 N–H and O–H groups in total. The van der Waals surface area contributed by atoms with Crippen LogP contribution < -0.4 is 4.74 Å². The zero-order valence-electron chi connectivity index (χ0n) is 17.7. The second-order valence-electron chi connectivity index (χ2n) is 6.65. The van der Waals surface area contributed by atoms with Crippen molar-refractivity contribution in [3.63, 3.8) is 0 Å². The monoisotopic (exact) mass is 441 g/mol. The first-order chi connectivity index (χ1) is 15.0. The van der Waals surface area contributed by atoms with E-state index in [1.54, 1.807) is 21.0 Å². The fourth-order valence-electron chi connectivity index (χ4n) is 3.27. The van der Waals surface area contributed by atoms with E-state index in [1.165, 1.54) is 6.08 Å². The van der Waals surface area contributed by atoms with E-state index in [1.807, 2.05) is 53.1 Å². The van der Waals surface area contributed by atoms with E-state index in [0.29, 0.717) is 17.3 Å². The van der Waals surface area contributed by atoms with Gasteiger partial charge in [-0.15, -0.1) is 0 Å². The van der Waals surface area contributed by atoms with Crippen LogP contribution in [0.3, 0.4) is 0 Å². The molecule has 0 aliphatic carbocycles. The Morgan fingerprint density at radius 3 is 2.16 bits per heavy atom. The normalized spacial score (nSPS) is 10.6. The Morgan fingerprint density at radius 1 is 0.968 bits per heavy atom. The summed E-state index contributed by atoms with van der Waals surface area (Å²) in [5, 5.41) is 1.22. The molecule has 0 spiro atoms. The molecule has 0 atom stereocenters. The Balaban J connectivity index is 2.11. The van der Waals surface area contributed by atoms with Gasteiger partial charge in [-0.1, -0.05) is 41.9 Å². The summed E-state index contributed by atoms with van der Waals surface area (Å²) in [5.41, 5.74) is 2.26. The first kappa shape index (κ1) is 22.4. The van der Waals surface area contributed by atoms with Gasteiger partial charge in [-0.05, 0) is 43.7 Å². The van der Waals surface area contributed by atoms with Gasteiger partial charge in [-0.2, -0.15) is 0 Å². The number of aromatic nitrogens is 1. The summed E-state index contributed by atoms with van der Waals surface area (Å²) in [5.74, 6) is -0.725. The molecule has 31 heavy (non-hydrogen) atoms. The highest BCUT2D eigenvalue weighted by Gasteiger charge is 2.24. The van der Waals surface area contributed by atoms with Gasteiger partial charge in [0, 0.05) is 17.5 Å². The first-order valence-electron chi connectivity index (χ1n) is 9.95. The third-order valence-electron chi connectivity index (χ3n) is 4.72. The van der Waals surface area contributed by atoms with Gasteiger partial charge < -0.3 is 18.8 Å². The van der Waals surface area contributed by atoms with E-state index in [2.05, 4.69) is 0 Å². The third kappa shape index (κ3) is 4.91. The minimum absolute atomic E-state index is 0.141. The smallest absolute Gasteiger partial charge is 0.345 e. The van der Waals surface area contributed by atoms with Crippen LogP contribution in [0.2, 0.25) is 5.15 Å². The molecular formula is C24H24ClNO5. The maximum atomic E-state index is 12.4. The molecule has 0 radical (unpaired) electrons. The lowest BCUT2D eigenvalue weighted by atomic mass is 10.1. The van der Waals surface area contributed by atoms with Crippen molar-refractivity contribution in [1.29, 1.82) is 0 Å². The molecule has 1 heterocycles. The second-order valence-corrected chi connectivity index (χ2v) is 7.01. The van der Waals surface area contributed by atoms with Gasteiger partial charge in [-0.3, -0.25) is 0 Å². The zero-order chi connectivity index (χ0) is 22.4. The Morgan fingerprint density at radius 2 is 1.58 bits per heavy atom. The molecule has 0 unspecified atom stereocenters. The number of nitrogens with zero attached hydrogens (tertiary/aromatic N) is 1. The summed E-state index contributed by atoms with van der Waals surface area (Å²) in [6.07, 6.45) is 1.45. The van der Waals surface area contributed by atoms with E-state index in [4.69, 9.17) is 25.8 Å². The maximum Gasteiger partial charge on any atom is 0.345 e. The molecule has 0 saturated carbocycles. The van der Waals surface area contributed by atoms with Crippen LogP contribution in [0.5, 0.6) is 5.75 Å². The molecule has 2 aromatic carbocycles. The fraction of sp³-hybridized carbons (Fsp3) is 0.250. The van der Waals surface area contributed by atoms with Crippen LogP contribution in [0.15, 0.2) is 54.1 Å². The fourth-order valence-corrected chi connectivity index (χ4v) is 3.57. The number of halogens is 1. The Labute approximate surface area is 186 Å². The standard InChI is InChI=1S/C24H24ClNO5/c1-4-30-23(27)20(24(28)31-5-2)14-19-18-8-6-7-9-21(18)26(22(19)25)15-16-10-12-17(29-3)13-11-16/h6-14H,4-5,15H2,1-3H3. The molecule has 3 rings (SSSR count). The van der Waals surface area contributed by atoms with E-state index >= 15 is 0 Å². The van der Waals surface area contributed by atoms with Crippen molar-refractivity contribution in [1.82, 2.24) is 4.57 Å². The van der Waals surface area contributed by atoms with E-state index < -0.39 is 11.9 Å². The van der Waals surface area contributed by atoms with Gasteiger partial charge in [0.05, 0.1) is 25.8 Å². The molecule has 0 bridgehead atoms. The molecule has 0 aliphatic heterocycles. The molecule has 0 saturated heterocycles. The molecule has 0 aliphatic rings. The summed E-state index contributed by atoms with van der Waals surface area (Å²) in [6.45, 7) is 4.14. The molecule has 0 fully saturated rings. The highest BCUT2D eigenvalue weighted by Crippen LogP contribution is 2.33. The van der Waals surface area contributed by atoms with Crippen LogP contribution in [0, 0.1) is 0 Å². The molecule has 7 heteroatoms. The lowest BCUT2D eigenvalue weighted by molar-refractivity contribution is -0.146. The van der Waals surface area contributed by atoms with Crippen molar-refractivity contribution < 1.29 is 23.8 Å². The molecule has 0 amide bonds. The summed E-state index contributed by atoms with van der Waals surface area (Å²) in [4.78, 5) is 24.8. The summed E-state index contributed by atoms with van der Waals surface area (Å²) < 4.78 is 17.2. The number of benzene rings is 2. The van der Waals surface area contributed by atoms with Crippen molar-refractivity contribution in [3.8, 4) is 5.75 Å². The average Bonchev–Trinajstić information content (AvgIpc) is 3.03. The predicted octanol–water partition coefficient (Wildman–Crippen LogP) is 4.86. The number of hydrogen-bond acceptors (Lipinski definition) is 5. The summed E-state index contributed by atoms with van der Waals surface area (Å²) >= 11 is 6.76. The number of hydrogen-bond donors (Lipinski definition) is 0. The molecule has 162 valence electrons. The van der Waals surface area contributed by atoms with Crippen LogP contribution in [0.25, 0.3) is 17.0 Å². The van der Waals surface area contributed by atoms with Crippen LogP contribution in [0.4, 0.5) is 0 Å². The van der Waals surface area contributed by atoms with E-state index in [9.17, 15) is 9.59 Å². The molecule has 6 nitrogen and oxygen atoms in total. The van der Waals surface area contributed by atoms with Gasteiger partial charge in [-0.25, -0.2) is 9.59 Å². The third-order valence-corrected chi connectivity index (χ3v) is 5.13. The number of carbonyl (C=O) groups is 2.